The standard InChI is InChI=1S/C16H24N2O/c1-16(2,3)13-11-12(7-8-15(13)19-6)14(9-10-17)18(4)5/h7-8,11,14H,9H2,1-6H3. The van der Waals surface area contributed by atoms with E-state index in [9.17, 15) is 0 Å². The molecule has 0 aliphatic rings. The number of nitriles is 1. The molecule has 1 aromatic carbocycles. The average Bonchev–Trinajstić information content (AvgIpc) is 2.33. The molecule has 0 saturated carbocycles. The lowest BCUT2D eigenvalue weighted by molar-refractivity contribution is 0.302. The molecule has 1 aromatic rings. The molecule has 3 heteroatoms. The number of ether oxygens (including phenoxy) is 1. The molecule has 104 valence electrons. The third-order valence-corrected chi connectivity index (χ3v) is 3.32. The van der Waals surface area contributed by atoms with Gasteiger partial charge in [-0.3, -0.25) is 0 Å². The van der Waals surface area contributed by atoms with Crippen molar-refractivity contribution in [2.24, 2.45) is 0 Å². The first-order valence-corrected chi connectivity index (χ1v) is 6.53. The van der Waals surface area contributed by atoms with Gasteiger partial charge in [0.2, 0.25) is 0 Å². The quantitative estimate of drug-likeness (QED) is 0.831. The first-order chi connectivity index (χ1) is 8.81. The van der Waals surface area contributed by atoms with Crippen LogP contribution in [-0.2, 0) is 5.41 Å². The maximum Gasteiger partial charge on any atom is 0.122 e. The molecule has 0 bridgehead atoms. The lowest BCUT2D eigenvalue weighted by Gasteiger charge is -2.27. The van der Waals surface area contributed by atoms with Crippen molar-refractivity contribution in [1.82, 2.24) is 4.90 Å². The van der Waals surface area contributed by atoms with Crippen LogP contribution < -0.4 is 4.74 Å². The smallest absolute Gasteiger partial charge is 0.122 e. The van der Waals surface area contributed by atoms with Crippen LogP contribution in [0.4, 0.5) is 0 Å². The van der Waals surface area contributed by atoms with Gasteiger partial charge in [0.1, 0.15) is 5.75 Å². The second kappa shape index (κ2) is 6.08. The van der Waals surface area contributed by atoms with Gasteiger partial charge in [0.25, 0.3) is 0 Å². The van der Waals surface area contributed by atoms with Crippen LogP contribution in [0.2, 0.25) is 0 Å². The first-order valence-electron chi connectivity index (χ1n) is 6.53. The van der Waals surface area contributed by atoms with E-state index in [1.165, 1.54) is 5.56 Å². The molecule has 0 spiro atoms. The summed E-state index contributed by atoms with van der Waals surface area (Å²) in [6.07, 6.45) is 0.489. The van der Waals surface area contributed by atoms with Crippen molar-refractivity contribution in [1.29, 1.82) is 5.26 Å². The van der Waals surface area contributed by atoms with E-state index in [0.29, 0.717) is 6.42 Å². The largest absolute Gasteiger partial charge is 0.496 e. The second-order valence-corrected chi connectivity index (χ2v) is 6.05. The highest BCUT2D eigenvalue weighted by molar-refractivity contribution is 5.42. The van der Waals surface area contributed by atoms with E-state index in [0.717, 1.165) is 11.3 Å². The van der Waals surface area contributed by atoms with Crippen LogP contribution >= 0.6 is 0 Å². The highest BCUT2D eigenvalue weighted by Gasteiger charge is 2.22. The molecule has 0 heterocycles. The Balaban J connectivity index is 3.28. The molecule has 1 rings (SSSR count). The Morgan fingerprint density at radius 1 is 1.32 bits per heavy atom. The van der Waals surface area contributed by atoms with E-state index >= 15 is 0 Å². The van der Waals surface area contributed by atoms with E-state index in [2.05, 4.69) is 43.9 Å². The van der Waals surface area contributed by atoms with Crippen LogP contribution in [0.3, 0.4) is 0 Å². The third-order valence-electron chi connectivity index (χ3n) is 3.32. The second-order valence-electron chi connectivity index (χ2n) is 6.05. The fourth-order valence-electron chi connectivity index (χ4n) is 2.20. The van der Waals surface area contributed by atoms with Gasteiger partial charge in [-0.25, -0.2) is 0 Å². The summed E-state index contributed by atoms with van der Waals surface area (Å²) in [5.74, 6) is 0.908. The van der Waals surface area contributed by atoms with Gasteiger partial charge in [0.05, 0.1) is 19.6 Å². The topological polar surface area (TPSA) is 36.3 Å². The molecule has 0 fully saturated rings. The molecule has 0 amide bonds. The maximum absolute atomic E-state index is 8.98. The molecular formula is C16H24N2O. The van der Waals surface area contributed by atoms with Gasteiger partial charge < -0.3 is 9.64 Å². The van der Waals surface area contributed by atoms with E-state index in [1.54, 1.807) is 7.11 Å². The van der Waals surface area contributed by atoms with Gasteiger partial charge in [0.15, 0.2) is 0 Å². The highest BCUT2D eigenvalue weighted by Crippen LogP contribution is 2.34. The van der Waals surface area contributed by atoms with Crippen LogP contribution in [0, 0.1) is 11.3 Å². The van der Waals surface area contributed by atoms with Crippen molar-refractivity contribution in [3.8, 4) is 11.8 Å². The fraction of sp³-hybridized carbons (Fsp3) is 0.562. The zero-order chi connectivity index (χ0) is 14.6. The average molecular weight is 260 g/mol. The Kier molecular flexibility index (Phi) is 4.97. The first kappa shape index (κ1) is 15.5. The zero-order valence-corrected chi connectivity index (χ0v) is 12.8. The highest BCUT2D eigenvalue weighted by atomic mass is 16.5. The van der Waals surface area contributed by atoms with Crippen molar-refractivity contribution < 1.29 is 4.74 Å². The maximum atomic E-state index is 8.98. The number of benzene rings is 1. The molecule has 1 atom stereocenters. The minimum absolute atomic E-state index is 0.0187. The van der Waals surface area contributed by atoms with Crippen molar-refractivity contribution in [3.63, 3.8) is 0 Å². The number of nitrogens with zero attached hydrogens (tertiary/aromatic N) is 2. The third kappa shape index (κ3) is 3.71. The number of methoxy groups -OCH3 is 1. The van der Waals surface area contributed by atoms with Crippen LogP contribution in [-0.4, -0.2) is 26.1 Å². The summed E-state index contributed by atoms with van der Waals surface area (Å²) in [6, 6.07) is 8.61. The van der Waals surface area contributed by atoms with Gasteiger partial charge >= 0.3 is 0 Å². The summed E-state index contributed by atoms with van der Waals surface area (Å²) < 4.78 is 5.45. The Morgan fingerprint density at radius 2 is 1.95 bits per heavy atom. The Bertz CT molecular complexity index is 467. The van der Waals surface area contributed by atoms with Crippen LogP contribution in [0.15, 0.2) is 18.2 Å². The van der Waals surface area contributed by atoms with Crippen molar-refractivity contribution in [3.05, 3.63) is 29.3 Å². The molecule has 1 unspecified atom stereocenters. The molecule has 3 nitrogen and oxygen atoms in total. The van der Waals surface area contributed by atoms with Crippen LogP contribution in [0.25, 0.3) is 0 Å². The lowest BCUT2D eigenvalue weighted by Crippen LogP contribution is -2.21. The van der Waals surface area contributed by atoms with E-state index in [1.807, 2.05) is 20.2 Å². The van der Waals surface area contributed by atoms with Gasteiger partial charge in [0, 0.05) is 6.04 Å². The molecule has 0 aliphatic heterocycles. The zero-order valence-electron chi connectivity index (χ0n) is 12.8. The van der Waals surface area contributed by atoms with Gasteiger partial charge in [-0.2, -0.15) is 5.26 Å². The number of hydrogen-bond acceptors (Lipinski definition) is 3. The Hall–Kier alpha value is -1.53. The number of hydrogen-bond donors (Lipinski definition) is 0. The van der Waals surface area contributed by atoms with Crippen molar-refractivity contribution in [2.75, 3.05) is 21.2 Å². The van der Waals surface area contributed by atoms with Crippen LogP contribution in [0.5, 0.6) is 5.75 Å². The van der Waals surface area contributed by atoms with Crippen LogP contribution in [0.1, 0.15) is 44.4 Å². The molecule has 0 N–H and O–H groups in total. The monoisotopic (exact) mass is 260 g/mol. The fourth-order valence-corrected chi connectivity index (χ4v) is 2.20. The summed E-state index contributed by atoms with van der Waals surface area (Å²) in [5.41, 5.74) is 2.36. The van der Waals surface area contributed by atoms with Gasteiger partial charge in [-0.15, -0.1) is 0 Å². The predicted molar refractivity (Wildman–Crippen MR) is 78.4 cm³/mol. The summed E-state index contributed by atoms with van der Waals surface area (Å²) >= 11 is 0. The lowest BCUT2D eigenvalue weighted by atomic mass is 9.84. The Morgan fingerprint density at radius 3 is 2.37 bits per heavy atom. The minimum Gasteiger partial charge on any atom is -0.496 e. The molecular weight excluding hydrogens is 236 g/mol. The minimum atomic E-state index is 0.0187. The van der Waals surface area contributed by atoms with E-state index < -0.39 is 0 Å². The van der Waals surface area contributed by atoms with E-state index in [4.69, 9.17) is 10.00 Å². The van der Waals surface area contributed by atoms with Crippen molar-refractivity contribution in [2.45, 2.75) is 38.6 Å². The van der Waals surface area contributed by atoms with Crippen molar-refractivity contribution >= 4 is 0 Å². The summed E-state index contributed by atoms with van der Waals surface area (Å²) in [7, 11) is 5.70. The number of rotatable bonds is 4. The normalized spacial score (nSPS) is 13.2. The Labute approximate surface area is 116 Å². The molecule has 0 radical (unpaired) electrons. The molecule has 0 aliphatic carbocycles. The summed E-state index contributed by atoms with van der Waals surface area (Å²) in [4.78, 5) is 2.08. The van der Waals surface area contributed by atoms with E-state index in [-0.39, 0.29) is 11.5 Å². The summed E-state index contributed by atoms with van der Waals surface area (Å²) in [5, 5.41) is 8.98. The molecule has 19 heavy (non-hydrogen) atoms. The van der Waals surface area contributed by atoms with Gasteiger partial charge in [-0.1, -0.05) is 26.8 Å². The predicted octanol–water partition coefficient (Wildman–Crippen LogP) is 3.51. The molecule has 0 aromatic heterocycles. The molecule has 0 saturated heterocycles. The SMILES string of the molecule is COc1ccc(C(CC#N)N(C)C)cc1C(C)(C)C. The van der Waals surface area contributed by atoms with Gasteiger partial charge in [-0.05, 0) is 42.8 Å². The summed E-state index contributed by atoms with van der Waals surface area (Å²) in [6.45, 7) is 6.51.